The van der Waals surface area contributed by atoms with Crippen LogP contribution in [0.15, 0.2) is 232 Å². The van der Waals surface area contributed by atoms with E-state index in [9.17, 15) is 10.0 Å². The standard InChI is InChI=1S/C25H18O.C13H11Br.C12H9BO3.C7H9P/c1-2-7-18(8-3-1)17-19-13-15-20(16-14-19)21-10-6-11-23-22-9-4-5-12-24(22)26-25(21)23;14-13-8-6-12(7-9-13)10-11-4-2-1-3-5-11;14-13(15)10-6-3-5-9-8-4-1-2-7-11(8)16-12(9)10;1-6-4-2-3-5-7(6)8/h1-16H,17H2;1-9H,10H2;1-7,14-15H;2-5H,8H2,1H3. The Bertz CT molecular complexity index is 3200. The molecule has 1 atom stereocenters. The molecule has 0 amide bonds. The Balaban J connectivity index is 0.000000127. The largest absolute Gasteiger partial charge is 0.492 e. The van der Waals surface area contributed by atoms with Gasteiger partial charge in [0.15, 0.2) is 0 Å². The van der Waals surface area contributed by atoms with E-state index >= 15 is 0 Å². The molecule has 314 valence electrons. The van der Waals surface area contributed by atoms with E-state index in [0.717, 1.165) is 50.4 Å². The van der Waals surface area contributed by atoms with Crippen LogP contribution < -0.4 is 10.8 Å². The minimum atomic E-state index is -1.51. The van der Waals surface area contributed by atoms with Crippen molar-refractivity contribution in [3.8, 4) is 11.1 Å². The lowest BCUT2D eigenvalue weighted by Crippen LogP contribution is -2.29. The third-order valence-electron chi connectivity index (χ3n) is 11.0. The highest BCUT2D eigenvalue weighted by atomic mass is 79.9. The molecular weight excluding hydrogens is 870 g/mol. The van der Waals surface area contributed by atoms with Gasteiger partial charge in [-0.15, -0.1) is 9.24 Å². The van der Waals surface area contributed by atoms with Gasteiger partial charge >= 0.3 is 7.12 Å². The van der Waals surface area contributed by atoms with Crippen LogP contribution in [0.3, 0.4) is 0 Å². The zero-order chi connectivity index (χ0) is 44.3. The van der Waals surface area contributed by atoms with Crippen LogP contribution in [0.2, 0.25) is 0 Å². The van der Waals surface area contributed by atoms with Gasteiger partial charge in [-0.2, -0.15) is 0 Å². The normalized spacial score (nSPS) is 10.7. The van der Waals surface area contributed by atoms with Crippen molar-refractivity contribution in [2.24, 2.45) is 0 Å². The van der Waals surface area contributed by atoms with Crippen molar-refractivity contribution in [1.82, 2.24) is 0 Å². The van der Waals surface area contributed by atoms with Gasteiger partial charge in [0.2, 0.25) is 0 Å². The first-order valence-corrected chi connectivity index (χ1v) is 22.6. The van der Waals surface area contributed by atoms with Crippen LogP contribution in [0.4, 0.5) is 0 Å². The fourth-order valence-electron chi connectivity index (χ4n) is 7.60. The van der Waals surface area contributed by atoms with Gasteiger partial charge in [-0.25, -0.2) is 0 Å². The van der Waals surface area contributed by atoms with E-state index in [1.807, 2.05) is 60.7 Å². The molecule has 0 saturated heterocycles. The summed E-state index contributed by atoms with van der Waals surface area (Å²) in [6, 6.07) is 74.2. The van der Waals surface area contributed by atoms with Gasteiger partial charge in [-0.05, 0) is 82.7 Å². The molecular formula is C57H47BBrO4P. The van der Waals surface area contributed by atoms with E-state index < -0.39 is 7.12 Å². The highest BCUT2D eigenvalue weighted by Gasteiger charge is 2.18. The van der Waals surface area contributed by atoms with E-state index in [-0.39, 0.29) is 0 Å². The van der Waals surface area contributed by atoms with Gasteiger partial charge in [-0.3, -0.25) is 0 Å². The molecule has 2 N–H and O–H groups in total. The molecule has 0 radical (unpaired) electrons. The molecule has 0 saturated carbocycles. The number of benzene rings is 9. The summed E-state index contributed by atoms with van der Waals surface area (Å²) in [5.74, 6) is 0. The molecule has 0 aliphatic heterocycles. The van der Waals surface area contributed by atoms with E-state index in [4.69, 9.17) is 8.83 Å². The third-order valence-corrected chi connectivity index (χ3v) is 12.2. The maximum atomic E-state index is 9.24. The highest BCUT2D eigenvalue weighted by molar-refractivity contribution is 9.10. The average molecular weight is 918 g/mol. The first-order valence-electron chi connectivity index (χ1n) is 21.2. The minimum Gasteiger partial charge on any atom is -0.456 e. The second kappa shape index (κ2) is 21.2. The molecule has 64 heavy (non-hydrogen) atoms. The fraction of sp³-hybridized carbons (Fsp3) is 0.0526. The summed E-state index contributed by atoms with van der Waals surface area (Å²) in [6.07, 6.45) is 1.96. The van der Waals surface area contributed by atoms with Crippen molar-refractivity contribution in [2.45, 2.75) is 19.8 Å². The summed E-state index contributed by atoms with van der Waals surface area (Å²) in [5.41, 5.74) is 12.6. The van der Waals surface area contributed by atoms with Crippen molar-refractivity contribution in [2.75, 3.05) is 0 Å². The molecule has 4 nitrogen and oxygen atoms in total. The van der Waals surface area contributed by atoms with E-state index in [2.05, 4.69) is 178 Å². The average Bonchev–Trinajstić information content (AvgIpc) is 3.91. The molecule has 11 aromatic rings. The molecule has 2 heterocycles. The Labute approximate surface area is 385 Å². The molecule has 0 spiro atoms. The van der Waals surface area contributed by atoms with Crippen LogP contribution in [0.1, 0.15) is 27.8 Å². The lowest BCUT2D eigenvalue weighted by molar-refractivity contribution is 0.425. The summed E-state index contributed by atoms with van der Waals surface area (Å²) in [7, 11) is 1.18. The number of rotatable bonds is 6. The smallest absolute Gasteiger partial charge is 0.456 e. The Hall–Kier alpha value is -6.53. The highest BCUT2D eigenvalue weighted by Crippen LogP contribution is 2.36. The van der Waals surface area contributed by atoms with Gasteiger partial charge in [-0.1, -0.05) is 210 Å². The van der Waals surface area contributed by atoms with E-state index in [1.165, 1.54) is 49.5 Å². The number of fused-ring (bicyclic) bond motifs is 6. The van der Waals surface area contributed by atoms with Crippen LogP contribution >= 0.6 is 25.2 Å². The molecule has 0 aliphatic rings. The number of para-hydroxylation sites is 4. The minimum absolute atomic E-state index is 0.397. The number of halogens is 1. The SMILES string of the molecule is Brc1ccc(Cc2ccccc2)cc1.Cc1ccccc1P.OB(O)c1cccc2c1oc1ccccc12.c1ccc(Cc2ccc(-c3cccc4c3oc3ccccc34)cc2)cc1. The van der Waals surface area contributed by atoms with Gasteiger partial charge in [0.1, 0.15) is 22.3 Å². The van der Waals surface area contributed by atoms with Crippen LogP contribution in [-0.4, -0.2) is 17.2 Å². The van der Waals surface area contributed by atoms with E-state index in [0.29, 0.717) is 11.0 Å². The Morgan fingerprint density at radius 3 is 1.41 bits per heavy atom. The van der Waals surface area contributed by atoms with Crippen LogP contribution in [-0.2, 0) is 12.8 Å². The van der Waals surface area contributed by atoms with E-state index in [1.54, 1.807) is 12.1 Å². The lowest BCUT2D eigenvalue weighted by Gasteiger charge is -2.06. The Morgan fingerprint density at radius 1 is 0.438 bits per heavy atom. The third kappa shape index (κ3) is 11.0. The lowest BCUT2D eigenvalue weighted by atomic mass is 9.79. The van der Waals surface area contributed by atoms with Crippen molar-refractivity contribution in [1.29, 1.82) is 0 Å². The summed E-state index contributed by atoms with van der Waals surface area (Å²) in [6.45, 7) is 2.10. The van der Waals surface area contributed by atoms with Gasteiger partial charge in [0.05, 0.1) is 0 Å². The molecule has 1 unspecified atom stereocenters. The second-order valence-electron chi connectivity index (χ2n) is 15.5. The summed E-state index contributed by atoms with van der Waals surface area (Å²) in [4.78, 5) is 0. The number of hydrogen-bond donors (Lipinski definition) is 2. The topological polar surface area (TPSA) is 66.7 Å². The number of aryl methyl sites for hydroxylation is 1. The Kier molecular flexibility index (Phi) is 14.6. The molecule has 7 heteroatoms. The predicted octanol–water partition coefficient (Wildman–Crippen LogP) is 13.6. The zero-order valence-corrected chi connectivity index (χ0v) is 38.2. The zero-order valence-electron chi connectivity index (χ0n) is 35.4. The van der Waals surface area contributed by atoms with Crippen LogP contribution in [0.25, 0.3) is 55.0 Å². The number of hydrogen-bond acceptors (Lipinski definition) is 4. The quantitative estimate of drug-likeness (QED) is 0.129. The fourth-order valence-corrected chi connectivity index (χ4v) is 8.07. The van der Waals surface area contributed by atoms with Crippen LogP contribution in [0, 0.1) is 6.92 Å². The van der Waals surface area contributed by atoms with Crippen molar-refractivity contribution >= 4 is 86.9 Å². The first-order chi connectivity index (χ1) is 31.3. The van der Waals surface area contributed by atoms with Crippen molar-refractivity contribution < 1.29 is 18.9 Å². The molecule has 2 aromatic heterocycles. The summed E-state index contributed by atoms with van der Waals surface area (Å²) < 4.78 is 12.9. The molecule has 9 aromatic carbocycles. The second-order valence-corrected chi connectivity index (χ2v) is 17.0. The maximum Gasteiger partial charge on any atom is 0.492 e. The molecule has 0 aliphatic carbocycles. The molecule has 0 fully saturated rings. The maximum absolute atomic E-state index is 9.24. The van der Waals surface area contributed by atoms with Crippen molar-refractivity contribution in [3.05, 3.63) is 251 Å². The van der Waals surface area contributed by atoms with Gasteiger partial charge in [0, 0.05) is 37.0 Å². The van der Waals surface area contributed by atoms with Gasteiger partial charge < -0.3 is 18.9 Å². The predicted molar refractivity (Wildman–Crippen MR) is 276 cm³/mol. The molecule has 0 bridgehead atoms. The first kappa shape index (κ1) is 44.1. The van der Waals surface area contributed by atoms with Gasteiger partial charge in [0.25, 0.3) is 0 Å². The molecule has 11 rings (SSSR count). The summed E-state index contributed by atoms with van der Waals surface area (Å²) in [5, 5.41) is 24.0. The van der Waals surface area contributed by atoms with Crippen molar-refractivity contribution in [3.63, 3.8) is 0 Å². The monoisotopic (exact) mass is 916 g/mol. The number of furan rings is 2. The Morgan fingerprint density at radius 2 is 0.875 bits per heavy atom. The van der Waals surface area contributed by atoms with Crippen LogP contribution in [0.5, 0.6) is 0 Å². The summed E-state index contributed by atoms with van der Waals surface area (Å²) >= 11 is 3.43.